The van der Waals surface area contributed by atoms with Crippen molar-refractivity contribution in [3.8, 4) is 11.5 Å². The lowest BCUT2D eigenvalue weighted by molar-refractivity contribution is -0.128. The van der Waals surface area contributed by atoms with E-state index in [-0.39, 0.29) is 5.91 Å². The van der Waals surface area contributed by atoms with Crippen LogP contribution in [0.15, 0.2) is 53.4 Å². The van der Waals surface area contributed by atoms with Gasteiger partial charge in [0.2, 0.25) is 5.91 Å². The van der Waals surface area contributed by atoms with E-state index in [1.165, 1.54) is 5.69 Å². The van der Waals surface area contributed by atoms with E-state index >= 15 is 0 Å². The normalized spacial score (nSPS) is 14.2. The average molecular weight is 372 g/mol. The molecule has 2 aromatic rings. The number of thioether (sulfide) groups is 1. The van der Waals surface area contributed by atoms with Gasteiger partial charge in [0, 0.05) is 36.8 Å². The molecule has 26 heavy (non-hydrogen) atoms. The molecule has 2 aromatic carbocycles. The van der Waals surface area contributed by atoms with Crippen molar-refractivity contribution in [2.24, 2.45) is 0 Å². The van der Waals surface area contributed by atoms with E-state index < -0.39 is 0 Å². The molecule has 1 aliphatic rings. The molecular weight excluding hydrogens is 348 g/mol. The molecule has 0 spiro atoms. The van der Waals surface area contributed by atoms with Crippen molar-refractivity contribution in [1.82, 2.24) is 4.90 Å². The standard InChI is InChI=1S/C20H24N2O3S/c1-24-17-8-6-16(7-9-17)21-10-12-22(13-11-21)20(23)15-26-19-5-3-4-18(14-19)25-2/h3-9,14H,10-13,15H2,1-2H3. The van der Waals surface area contributed by atoms with Gasteiger partial charge in [-0.3, -0.25) is 4.79 Å². The summed E-state index contributed by atoms with van der Waals surface area (Å²) in [7, 11) is 3.32. The maximum atomic E-state index is 12.5. The Morgan fingerprint density at radius 1 is 0.962 bits per heavy atom. The molecular formula is C20H24N2O3S. The van der Waals surface area contributed by atoms with Crippen LogP contribution in [0.4, 0.5) is 5.69 Å². The number of rotatable bonds is 6. The smallest absolute Gasteiger partial charge is 0.233 e. The molecule has 138 valence electrons. The fraction of sp³-hybridized carbons (Fsp3) is 0.350. The van der Waals surface area contributed by atoms with Gasteiger partial charge >= 0.3 is 0 Å². The number of nitrogens with zero attached hydrogens (tertiary/aromatic N) is 2. The van der Waals surface area contributed by atoms with Crippen molar-refractivity contribution in [3.05, 3.63) is 48.5 Å². The number of amides is 1. The quantitative estimate of drug-likeness (QED) is 0.729. The van der Waals surface area contributed by atoms with Gasteiger partial charge < -0.3 is 19.3 Å². The van der Waals surface area contributed by atoms with Crippen LogP contribution >= 0.6 is 11.8 Å². The van der Waals surface area contributed by atoms with Crippen LogP contribution in [0.1, 0.15) is 0 Å². The summed E-state index contributed by atoms with van der Waals surface area (Å²) in [6, 6.07) is 15.9. The zero-order valence-electron chi connectivity index (χ0n) is 15.2. The number of carbonyl (C=O) groups excluding carboxylic acids is 1. The van der Waals surface area contributed by atoms with Gasteiger partial charge in [0.25, 0.3) is 0 Å². The Labute approximate surface area is 158 Å². The summed E-state index contributed by atoms with van der Waals surface area (Å²) in [6.07, 6.45) is 0. The van der Waals surface area contributed by atoms with Crippen molar-refractivity contribution < 1.29 is 14.3 Å². The summed E-state index contributed by atoms with van der Waals surface area (Å²) in [5.41, 5.74) is 1.17. The van der Waals surface area contributed by atoms with Crippen molar-refractivity contribution in [2.45, 2.75) is 4.90 Å². The Hall–Kier alpha value is -2.34. The van der Waals surface area contributed by atoms with E-state index in [1.54, 1.807) is 26.0 Å². The lowest BCUT2D eigenvalue weighted by atomic mass is 10.2. The van der Waals surface area contributed by atoms with Crippen molar-refractivity contribution in [2.75, 3.05) is 51.1 Å². The topological polar surface area (TPSA) is 42.0 Å². The fourth-order valence-corrected chi connectivity index (χ4v) is 3.78. The minimum atomic E-state index is 0.187. The highest BCUT2D eigenvalue weighted by molar-refractivity contribution is 8.00. The Bertz CT molecular complexity index is 728. The summed E-state index contributed by atoms with van der Waals surface area (Å²) in [5, 5.41) is 0. The second kappa shape index (κ2) is 8.85. The van der Waals surface area contributed by atoms with Gasteiger partial charge in [0.15, 0.2) is 0 Å². The summed E-state index contributed by atoms with van der Waals surface area (Å²) < 4.78 is 10.4. The largest absolute Gasteiger partial charge is 0.497 e. The van der Waals surface area contributed by atoms with Crippen LogP contribution in [0.3, 0.4) is 0 Å². The van der Waals surface area contributed by atoms with Gasteiger partial charge in [0.05, 0.1) is 20.0 Å². The minimum absolute atomic E-state index is 0.187. The van der Waals surface area contributed by atoms with Crippen LogP contribution in [0.25, 0.3) is 0 Å². The van der Waals surface area contributed by atoms with E-state index in [0.29, 0.717) is 5.75 Å². The average Bonchev–Trinajstić information content (AvgIpc) is 2.72. The van der Waals surface area contributed by atoms with Gasteiger partial charge in [-0.1, -0.05) is 6.07 Å². The molecule has 1 heterocycles. The first-order chi connectivity index (χ1) is 12.7. The van der Waals surface area contributed by atoms with E-state index in [9.17, 15) is 4.79 Å². The molecule has 1 amide bonds. The number of benzene rings is 2. The highest BCUT2D eigenvalue weighted by Crippen LogP contribution is 2.24. The van der Waals surface area contributed by atoms with Crippen molar-refractivity contribution in [1.29, 1.82) is 0 Å². The van der Waals surface area contributed by atoms with Crippen LogP contribution in [0.5, 0.6) is 11.5 Å². The predicted octanol–water partition coefficient (Wildman–Crippen LogP) is 3.14. The second-order valence-corrected chi connectivity index (χ2v) is 7.08. The third-order valence-electron chi connectivity index (χ3n) is 4.47. The Balaban J connectivity index is 1.48. The molecule has 0 N–H and O–H groups in total. The number of methoxy groups -OCH3 is 2. The van der Waals surface area contributed by atoms with Gasteiger partial charge in [-0.2, -0.15) is 0 Å². The number of anilines is 1. The Morgan fingerprint density at radius 3 is 2.31 bits per heavy atom. The highest BCUT2D eigenvalue weighted by Gasteiger charge is 2.21. The van der Waals surface area contributed by atoms with Crippen LogP contribution in [0, 0.1) is 0 Å². The molecule has 1 fully saturated rings. The molecule has 3 rings (SSSR count). The lowest BCUT2D eigenvalue weighted by Gasteiger charge is -2.36. The minimum Gasteiger partial charge on any atom is -0.497 e. The molecule has 1 aliphatic heterocycles. The molecule has 1 saturated heterocycles. The van der Waals surface area contributed by atoms with Gasteiger partial charge in [-0.05, 0) is 42.5 Å². The second-order valence-electron chi connectivity index (χ2n) is 6.03. The summed E-state index contributed by atoms with van der Waals surface area (Å²) in [5.74, 6) is 2.32. The summed E-state index contributed by atoms with van der Waals surface area (Å²) in [6.45, 7) is 3.21. The van der Waals surface area contributed by atoms with Gasteiger partial charge in [-0.25, -0.2) is 0 Å². The molecule has 0 saturated carbocycles. The van der Waals surface area contributed by atoms with E-state index in [0.717, 1.165) is 42.6 Å². The molecule has 0 radical (unpaired) electrons. The maximum Gasteiger partial charge on any atom is 0.233 e. The molecule has 5 nitrogen and oxygen atoms in total. The molecule has 0 aliphatic carbocycles. The molecule has 0 aromatic heterocycles. The lowest BCUT2D eigenvalue weighted by Crippen LogP contribution is -2.49. The monoisotopic (exact) mass is 372 g/mol. The maximum absolute atomic E-state index is 12.5. The predicted molar refractivity (Wildman–Crippen MR) is 106 cm³/mol. The molecule has 0 bridgehead atoms. The van der Waals surface area contributed by atoms with E-state index in [1.807, 2.05) is 41.3 Å². The molecule has 0 atom stereocenters. The number of hydrogen-bond acceptors (Lipinski definition) is 5. The molecule has 6 heteroatoms. The SMILES string of the molecule is COc1ccc(N2CCN(C(=O)CSc3cccc(OC)c3)CC2)cc1. The first-order valence-corrected chi connectivity index (χ1v) is 9.62. The van der Waals surface area contributed by atoms with Crippen LogP contribution < -0.4 is 14.4 Å². The van der Waals surface area contributed by atoms with Crippen molar-refractivity contribution >= 4 is 23.4 Å². The number of ether oxygens (including phenoxy) is 2. The first-order valence-electron chi connectivity index (χ1n) is 8.63. The number of carbonyl (C=O) groups is 1. The van der Waals surface area contributed by atoms with Crippen LogP contribution in [-0.4, -0.2) is 57.0 Å². The van der Waals surface area contributed by atoms with E-state index in [4.69, 9.17) is 9.47 Å². The fourth-order valence-electron chi connectivity index (χ4n) is 2.93. The third-order valence-corrected chi connectivity index (χ3v) is 5.45. The Kier molecular flexibility index (Phi) is 6.28. The van der Waals surface area contributed by atoms with Gasteiger partial charge in [-0.15, -0.1) is 11.8 Å². The number of hydrogen-bond donors (Lipinski definition) is 0. The summed E-state index contributed by atoms with van der Waals surface area (Å²) in [4.78, 5) is 17.8. The van der Waals surface area contributed by atoms with Gasteiger partial charge in [0.1, 0.15) is 11.5 Å². The van der Waals surface area contributed by atoms with E-state index in [2.05, 4.69) is 17.0 Å². The highest BCUT2D eigenvalue weighted by atomic mass is 32.2. The Morgan fingerprint density at radius 2 is 1.65 bits per heavy atom. The third kappa shape index (κ3) is 4.64. The molecule has 0 unspecified atom stereocenters. The number of piperazine rings is 1. The van der Waals surface area contributed by atoms with Crippen LogP contribution in [0.2, 0.25) is 0 Å². The van der Waals surface area contributed by atoms with Crippen LogP contribution in [-0.2, 0) is 4.79 Å². The zero-order valence-corrected chi connectivity index (χ0v) is 16.0. The first kappa shape index (κ1) is 18.5. The van der Waals surface area contributed by atoms with Crippen molar-refractivity contribution in [3.63, 3.8) is 0 Å². The zero-order chi connectivity index (χ0) is 18.4. The summed E-state index contributed by atoms with van der Waals surface area (Å²) >= 11 is 1.55.